The van der Waals surface area contributed by atoms with Gasteiger partial charge in [0.05, 0.1) is 18.6 Å². The summed E-state index contributed by atoms with van der Waals surface area (Å²) in [5.74, 6) is 1.62. The average molecular weight is 532 g/mol. The van der Waals surface area contributed by atoms with Gasteiger partial charge in [-0.25, -0.2) is 18.1 Å². The van der Waals surface area contributed by atoms with Crippen molar-refractivity contribution in [1.82, 2.24) is 24.8 Å². The molecule has 3 saturated heterocycles. The van der Waals surface area contributed by atoms with Crippen molar-refractivity contribution in [1.29, 1.82) is 0 Å². The van der Waals surface area contributed by atoms with Crippen molar-refractivity contribution in [2.75, 3.05) is 46.4 Å². The van der Waals surface area contributed by atoms with Gasteiger partial charge in [-0.2, -0.15) is 0 Å². The Labute approximate surface area is 218 Å². The number of methoxy groups -OCH3 is 1. The van der Waals surface area contributed by atoms with Gasteiger partial charge >= 0.3 is 0 Å². The van der Waals surface area contributed by atoms with Gasteiger partial charge in [0.1, 0.15) is 12.0 Å². The molecule has 2 unspecified atom stereocenters. The number of carbonyl (C=O) groups is 1. The second kappa shape index (κ2) is 10.7. The second-order valence-corrected chi connectivity index (χ2v) is 12.2. The number of rotatable bonds is 7. The number of ether oxygens (including phenoxy) is 1. The van der Waals surface area contributed by atoms with E-state index in [4.69, 9.17) is 9.15 Å². The van der Waals surface area contributed by atoms with Gasteiger partial charge in [-0.05, 0) is 87.8 Å². The van der Waals surface area contributed by atoms with E-state index < -0.39 is 10.0 Å². The van der Waals surface area contributed by atoms with Crippen molar-refractivity contribution in [2.45, 2.75) is 50.6 Å². The van der Waals surface area contributed by atoms with Gasteiger partial charge in [0, 0.05) is 25.7 Å². The van der Waals surface area contributed by atoms with Crippen molar-refractivity contribution >= 4 is 15.9 Å². The van der Waals surface area contributed by atoms with E-state index in [0.29, 0.717) is 34.8 Å². The predicted molar refractivity (Wildman–Crippen MR) is 138 cm³/mol. The number of likely N-dealkylation sites (tertiary alicyclic amines) is 2. The van der Waals surface area contributed by atoms with E-state index >= 15 is 0 Å². The zero-order valence-electron chi connectivity index (χ0n) is 21.8. The first kappa shape index (κ1) is 26.1. The number of aromatic nitrogens is 1. The third kappa shape index (κ3) is 5.55. The molecule has 0 radical (unpaired) electrons. The third-order valence-electron chi connectivity index (χ3n) is 8.07. The topological polar surface area (TPSA) is 117 Å². The Bertz CT molecular complexity index is 1220. The number of aryl methyl sites for hydroxylation is 2. The highest BCUT2D eigenvalue weighted by Crippen LogP contribution is 2.34. The van der Waals surface area contributed by atoms with E-state index in [-0.39, 0.29) is 28.9 Å². The predicted octanol–water partition coefficient (Wildman–Crippen LogP) is 1.92. The lowest BCUT2D eigenvalue weighted by Gasteiger charge is -2.41. The monoisotopic (exact) mass is 531 g/mol. The summed E-state index contributed by atoms with van der Waals surface area (Å²) in [5, 5.41) is 3.44. The molecule has 2 aromatic rings. The van der Waals surface area contributed by atoms with Crippen LogP contribution in [0.25, 0.3) is 0 Å². The van der Waals surface area contributed by atoms with E-state index in [1.807, 2.05) is 4.90 Å². The summed E-state index contributed by atoms with van der Waals surface area (Å²) in [7, 11) is -2.27. The van der Waals surface area contributed by atoms with Gasteiger partial charge in [-0.3, -0.25) is 9.69 Å². The Hall–Kier alpha value is -2.47. The molecule has 1 aromatic heterocycles. The van der Waals surface area contributed by atoms with Gasteiger partial charge < -0.3 is 19.4 Å². The van der Waals surface area contributed by atoms with E-state index in [1.54, 1.807) is 33.1 Å². The fourth-order valence-corrected chi connectivity index (χ4v) is 7.62. The molecule has 0 bridgehead atoms. The zero-order chi connectivity index (χ0) is 26.2. The summed E-state index contributed by atoms with van der Waals surface area (Å²) in [4.78, 5) is 22.2. The number of hydrogen-bond acceptors (Lipinski definition) is 8. The lowest BCUT2D eigenvalue weighted by atomic mass is 9.87. The summed E-state index contributed by atoms with van der Waals surface area (Å²) in [5.41, 5.74) is 1.39. The molecule has 3 aliphatic rings. The van der Waals surface area contributed by atoms with Crippen LogP contribution >= 0.6 is 0 Å². The normalized spacial score (nSPS) is 23.3. The molecule has 2 N–H and O–H groups in total. The average Bonchev–Trinajstić information content (AvgIpc) is 3.54. The molecule has 11 heteroatoms. The minimum atomic E-state index is -3.81. The summed E-state index contributed by atoms with van der Waals surface area (Å²) in [6.45, 7) is 9.12. The molecular weight excluding hydrogens is 494 g/mol. The lowest BCUT2D eigenvalue weighted by molar-refractivity contribution is 0.0773. The largest absolute Gasteiger partial charge is 0.497 e. The number of nitrogens with one attached hydrogen (secondary N) is 2. The summed E-state index contributed by atoms with van der Waals surface area (Å²) in [6, 6.07) is 4.02. The minimum Gasteiger partial charge on any atom is -0.497 e. The molecule has 3 aliphatic heterocycles. The van der Waals surface area contributed by atoms with Crippen LogP contribution in [0.15, 0.2) is 27.7 Å². The maximum Gasteiger partial charge on any atom is 0.275 e. The fraction of sp³-hybridized carbons (Fsp3) is 0.615. The van der Waals surface area contributed by atoms with Crippen molar-refractivity contribution < 1.29 is 22.4 Å². The van der Waals surface area contributed by atoms with Crippen LogP contribution in [0.5, 0.6) is 5.75 Å². The van der Waals surface area contributed by atoms with E-state index in [0.717, 1.165) is 45.7 Å². The lowest BCUT2D eigenvalue weighted by Crippen LogP contribution is -2.49. The van der Waals surface area contributed by atoms with E-state index in [1.165, 1.54) is 19.1 Å². The van der Waals surface area contributed by atoms with Gasteiger partial charge in [-0.15, -0.1) is 0 Å². The maximum absolute atomic E-state index is 13.2. The molecular formula is C26H37N5O5S. The number of nitrogens with zero attached hydrogens (tertiary/aromatic N) is 3. The molecule has 5 rings (SSSR count). The number of benzene rings is 1. The smallest absolute Gasteiger partial charge is 0.275 e. The van der Waals surface area contributed by atoms with Crippen molar-refractivity contribution in [3.8, 4) is 5.75 Å². The molecule has 0 aliphatic carbocycles. The molecule has 4 heterocycles. The van der Waals surface area contributed by atoms with Crippen LogP contribution in [0.3, 0.4) is 0 Å². The first-order chi connectivity index (χ1) is 17.7. The van der Waals surface area contributed by atoms with Gasteiger partial charge in [0.15, 0.2) is 5.69 Å². The van der Waals surface area contributed by atoms with Crippen LogP contribution in [-0.4, -0.2) is 81.5 Å². The van der Waals surface area contributed by atoms with Crippen LogP contribution in [-0.2, 0) is 16.6 Å². The maximum atomic E-state index is 13.2. The van der Waals surface area contributed by atoms with Crippen molar-refractivity contribution in [3.05, 3.63) is 41.1 Å². The zero-order valence-corrected chi connectivity index (χ0v) is 22.6. The van der Waals surface area contributed by atoms with E-state index in [9.17, 15) is 13.2 Å². The number of carbonyl (C=O) groups excluding carboxylic acids is 1. The van der Waals surface area contributed by atoms with Crippen LogP contribution in [0.1, 0.15) is 46.8 Å². The molecule has 10 nitrogen and oxygen atoms in total. The SMILES string of the molecule is COc1cc(C)c(S(=O)(=O)NCc2nc(C(=O)N3CC4CCN(C5CCNCC5)CC4C3)co2)c(C)c1. The van der Waals surface area contributed by atoms with Crippen LogP contribution < -0.4 is 14.8 Å². The molecule has 202 valence electrons. The van der Waals surface area contributed by atoms with Crippen molar-refractivity contribution in [3.63, 3.8) is 0 Å². The van der Waals surface area contributed by atoms with Gasteiger partial charge in [0.2, 0.25) is 15.9 Å². The number of piperidine rings is 2. The molecule has 0 spiro atoms. The van der Waals surface area contributed by atoms with Crippen LogP contribution in [0.4, 0.5) is 0 Å². The fourth-order valence-electron chi connectivity index (χ4n) is 6.20. The Morgan fingerprint density at radius 1 is 1.14 bits per heavy atom. The Balaban J connectivity index is 1.19. The van der Waals surface area contributed by atoms with Crippen LogP contribution in [0, 0.1) is 25.7 Å². The third-order valence-corrected chi connectivity index (χ3v) is 9.77. The summed E-state index contributed by atoms with van der Waals surface area (Å²) >= 11 is 0. The standard InChI is InChI=1S/C26H37N5O5S/c1-17-10-22(35-3)11-18(2)25(17)37(33,34)28-12-24-29-23(16-36-24)26(32)31-13-19-6-9-30(14-20(19)15-31)21-4-7-27-8-5-21/h10-11,16,19-21,27-28H,4-9,12-15H2,1-3H3. The molecule has 1 amide bonds. The summed E-state index contributed by atoms with van der Waals surface area (Å²) in [6.07, 6.45) is 4.85. The first-order valence-electron chi connectivity index (χ1n) is 13.1. The quantitative estimate of drug-likeness (QED) is 0.557. The highest BCUT2D eigenvalue weighted by atomic mass is 32.2. The summed E-state index contributed by atoms with van der Waals surface area (Å²) < 4.78 is 39.2. The molecule has 2 atom stereocenters. The number of amides is 1. The Morgan fingerprint density at radius 3 is 2.54 bits per heavy atom. The highest BCUT2D eigenvalue weighted by molar-refractivity contribution is 7.89. The van der Waals surface area contributed by atoms with Crippen LogP contribution in [0.2, 0.25) is 0 Å². The molecule has 3 fully saturated rings. The van der Waals surface area contributed by atoms with Gasteiger partial charge in [0.25, 0.3) is 5.91 Å². The Morgan fingerprint density at radius 2 is 1.84 bits per heavy atom. The number of fused-ring (bicyclic) bond motifs is 1. The number of hydrogen-bond donors (Lipinski definition) is 2. The van der Waals surface area contributed by atoms with E-state index in [2.05, 4.69) is 19.9 Å². The molecule has 0 saturated carbocycles. The first-order valence-corrected chi connectivity index (χ1v) is 14.6. The second-order valence-electron chi connectivity index (χ2n) is 10.5. The number of oxazole rings is 1. The van der Waals surface area contributed by atoms with Gasteiger partial charge in [-0.1, -0.05) is 0 Å². The molecule has 37 heavy (non-hydrogen) atoms. The number of sulfonamides is 1. The molecule has 1 aromatic carbocycles. The van der Waals surface area contributed by atoms with Crippen molar-refractivity contribution in [2.24, 2.45) is 11.8 Å². The highest BCUT2D eigenvalue weighted by Gasteiger charge is 2.41. The Kier molecular flexibility index (Phi) is 7.58. The minimum absolute atomic E-state index is 0.142.